The second kappa shape index (κ2) is 8.13. The third-order valence-electron chi connectivity index (χ3n) is 4.80. The largest absolute Gasteiger partial charge is 0.338 e. The van der Waals surface area contributed by atoms with Crippen LogP contribution in [0.5, 0.6) is 0 Å². The Bertz CT molecular complexity index is 537. The van der Waals surface area contributed by atoms with Gasteiger partial charge in [-0.25, -0.2) is 0 Å². The van der Waals surface area contributed by atoms with E-state index in [0.717, 1.165) is 44.6 Å². The fourth-order valence-electron chi connectivity index (χ4n) is 3.63. The molecule has 7 heteroatoms. The second-order valence-corrected chi connectivity index (χ2v) is 6.89. The van der Waals surface area contributed by atoms with Gasteiger partial charge in [0.1, 0.15) is 0 Å². The summed E-state index contributed by atoms with van der Waals surface area (Å²) >= 11 is 1.56. The maximum absolute atomic E-state index is 12.5. The number of rotatable bonds is 4. The van der Waals surface area contributed by atoms with Crippen LogP contribution in [0, 0.1) is 5.92 Å². The summed E-state index contributed by atoms with van der Waals surface area (Å²) in [5.74, 6) is 0.832. The van der Waals surface area contributed by atoms with Crippen molar-refractivity contribution in [3.8, 4) is 0 Å². The molecule has 5 nitrogen and oxygen atoms in total. The number of halogens is 1. The Kier molecular flexibility index (Phi) is 6.44. The van der Waals surface area contributed by atoms with Crippen molar-refractivity contribution >= 4 is 35.6 Å². The molecule has 0 spiro atoms. The minimum atomic E-state index is 0. The molecule has 2 aliphatic heterocycles. The van der Waals surface area contributed by atoms with Gasteiger partial charge in [0.05, 0.1) is 5.56 Å². The van der Waals surface area contributed by atoms with Gasteiger partial charge in [-0.3, -0.25) is 9.59 Å². The molecular formula is C16H24ClN3O2S. The molecule has 0 saturated carbocycles. The first-order chi connectivity index (χ1) is 10.7. The van der Waals surface area contributed by atoms with Gasteiger partial charge in [0, 0.05) is 44.0 Å². The zero-order chi connectivity index (χ0) is 15.5. The van der Waals surface area contributed by atoms with Crippen LogP contribution in [0.2, 0.25) is 0 Å². The van der Waals surface area contributed by atoms with Gasteiger partial charge in [-0.15, -0.1) is 12.4 Å². The number of nitrogens with zero attached hydrogens (tertiary/aromatic N) is 2. The first kappa shape index (κ1) is 18.2. The lowest BCUT2D eigenvalue weighted by Crippen LogP contribution is -2.57. The number of amides is 2. The summed E-state index contributed by atoms with van der Waals surface area (Å²) in [6.45, 7) is 3.13. The Labute approximate surface area is 147 Å². The zero-order valence-electron chi connectivity index (χ0n) is 13.4. The average Bonchev–Trinajstić information content (AvgIpc) is 3.07. The fraction of sp³-hybridized carbons (Fsp3) is 0.625. The number of piperidine rings is 2. The molecule has 128 valence electrons. The van der Waals surface area contributed by atoms with Gasteiger partial charge >= 0.3 is 0 Å². The molecular weight excluding hydrogens is 334 g/mol. The topological polar surface area (TPSA) is 52.7 Å². The molecule has 3 rings (SSSR count). The van der Waals surface area contributed by atoms with Gasteiger partial charge in [0.15, 0.2) is 0 Å². The van der Waals surface area contributed by atoms with Crippen LogP contribution in [0.4, 0.5) is 0 Å². The summed E-state index contributed by atoms with van der Waals surface area (Å²) in [7, 11) is 1.91. The number of fused-ring (bicyclic) bond motifs is 1. The van der Waals surface area contributed by atoms with Crippen LogP contribution in [0.1, 0.15) is 29.6 Å². The first-order valence-electron chi connectivity index (χ1n) is 7.96. The third-order valence-corrected chi connectivity index (χ3v) is 5.48. The maximum atomic E-state index is 12.5. The van der Waals surface area contributed by atoms with E-state index in [1.54, 1.807) is 11.3 Å². The normalized spacial score (nSPS) is 24.1. The first-order valence-corrected chi connectivity index (χ1v) is 8.90. The lowest BCUT2D eigenvalue weighted by atomic mass is 9.83. The monoisotopic (exact) mass is 357 g/mol. The predicted molar refractivity (Wildman–Crippen MR) is 94.2 cm³/mol. The Morgan fingerprint density at radius 1 is 1.43 bits per heavy atom. The van der Waals surface area contributed by atoms with Crippen molar-refractivity contribution in [3.05, 3.63) is 22.4 Å². The van der Waals surface area contributed by atoms with E-state index < -0.39 is 0 Å². The molecule has 1 N–H and O–H groups in total. The van der Waals surface area contributed by atoms with Crippen LogP contribution in [0.25, 0.3) is 0 Å². The summed E-state index contributed by atoms with van der Waals surface area (Å²) < 4.78 is 0. The standard InChI is InChI=1S/C16H23N3O2S.ClH/c1-17-6-8-19-14-4-7-18(10-12(14)2-3-15(19)20)16(21)13-5-9-22-11-13;/h5,9,11-12,14,17H,2-4,6-8,10H2,1H3;1H/t12-,14+;/m0./s1. The van der Waals surface area contributed by atoms with Crippen molar-refractivity contribution < 1.29 is 9.59 Å². The van der Waals surface area contributed by atoms with Crippen LogP contribution in [-0.2, 0) is 4.79 Å². The SMILES string of the molecule is CNCCN1C(=O)CC[C@H]2CN(C(=O)c3ccsc3)CC[C@H]21.Cl. The van der Waals surface area contributed by atoms with Gasteiger partial charge < -0.3 is 15.1 Å². The summed E-state index contributed by atoms with van der Waals surface area (Å²) in [5.41, 5.74) is 0.794. The van der Waals surface area contributed by atoms with Crippen molar-refractivity contribution in [1.29, 1.82) is 0 Å². The van der Waals surface area contributed by atoms with Gasteiger partial charge in [-0.2, -0.15) is 11.3 Å². The quantitative estimate of drug-likeness (QED) is 0.894. The average molecular weight is 358 g/mol. The number of carbonyl (C=O) groups is 2. The molecule has 0 aromatic carbocycles. The summed E-state index contributed by atoms with van der Waals surface area (Å²) in [6.07, 6.45) is 2.42. The molecule has 0 bridgehead atoms. The van der Waals surface area contributed by atoms with Crippen molar-refractivity contribution in [2.75, 3.05) is 33.2 Å². The highest BCUT2D eigenvalue weighted by atomic mass is 35.5. The molecule has 2 saturated heterocycles. The van der Waals surface area contributed by atoms with Crippen LogP contribution in [-0.4, -0.2) is 60.9 Å². The van der Waals surface area contributed by atoms with Crippen molar-refractivity contribution in [3.63, 3.8) is 0 Å². The summed E-state index contributed by atoms with van der Waals surface area (Å²) in [4.78, 5) is 28.7. The van der Waals surface area contributed by atoms with E-state index in [0.29, 0.717) is 18.4 Å². The molecule has 2 amide bonds. The highest BCUT2D eigenvalue weighted by Crippen LogP contribution is 2.31. The van der Waals surface area contributed by atoms with Gasteiger partial charge in [-0.05, 0) is 37.3 Å². The van der Waals surface area contributed by atoms with Gasteiger partial charge in [0.2, 0.25) is 5.91 Å². The number of nitrogens with one attached hydrogen (secondary N) is 1. The lowest BCUT2D eigenvalue weighted by molar-refractivity contribution is -0.140. The van der Waals surface area contributed by atoms with E-state index in [-0.39, 0.29) is 24.2 Å². The third kappa shape index (κ3) is 3.87. The van der Waals surface area contributed by atoms with Crippen molar-refractivity contribution in [2.24, 2.45) is 5.92 Å². The summed E-state index contributed by atoms with van der Waals surface area (Å²) in [6, 6.07) is 2.20. The van der Waals surface area contributed by atoms with Crippen LogP contribution in [0.15, 0.2) is 16.8 Å². The molecule has 0 radical (unpaired) electrons. The smallest absolute Gasteiger partial charge is 0.254 e. The summed E-state index contributed by atoms with van der Waals surface area (Å²) in [5, 5.41) is 6.98. The molecule has 23 heavy (non-hydrogen) atoms. The molecule has 1 aromatic heterocycles. The van der Waals surface area contributed by atoms with E-state index in [1.807, 2.05) is 33.7 Å². The van der Waals surface area contributed by atoms with Crippen molar-refractivity contribution in [1.82, 2.24) is 15.1 Å². The van der Waals surface area contributed by atoms with E-state index in [9.17, 15) is 9.59 Å². The van der Waals surface area contributed by atoms with Crippen LogP contribution >= 0.6 is 23.7 Å². The highest BCUT2D eigenvalue weighted by molar-refractivity contribution is 7.08. The molecule has 3 heterocycles. The van der Waals surface area contributed by atoms with E-state index in [2.05, 4.69) is 5.32 Å². The fourth-order valence-corrected chi connectivity index (χ4v) is 4.26. The predicted octanol–water partition coefficient (Wildman–Crippen LogP) is 1.84. The minimum absolute atomic E-state index is 0. The molecule has 2 fully saturated rings. The second-order valence-electron chi connectivity index (χ2n) is 6.11. The minimum Gasteiger partial charge on any atom is -0.338 e. The Balaban J connectivity index is 0.00000192. The molecule has 0 aliphatic carbocycles. The Morgan fingerprint density at radius 3 is 2.96 bits per heavy atom. The zero-order valence-corrected chi connectivity index (χ0v) is 15.0. The van der Waals surface area contributed by atoms with E-state index in [4.69, 9.17) is 0 Å². The number of hydrogen-bond acceptors (Lipinski definition) is 4. The van der Waals surface area contributed by atoms with Crippen LogP contribution in [0.3, 0.4) is 0 Å². The molecule has 1 aromatic rings. The van der Waals surface area contributed by atoms with E-state index in [1.165, 1.54) is 0 Å². The number of carbonyl (C=O) groups excluding carboxylic acids is 2. The number of hydrogen-bond donors (Lipinski definition) is 1. The highest BCUT2D eigenvalue weighted by Gasteiger charge is 2.40. The molecule has 2 aliphatic rings. The maximum Gasteiger partial charge on any atom is 0.254 e. The van der Waals surface area contributed by atoms with Crippen molar-refractivity contribution in [2.45, 2.75) is 25.3 Å². The van der Waals surface area contributed by atoms with Gasteiger partial charge in [0.25, 0.3) is 5.91 Å². The Hall–Kier alpha value is -1.11. The number of thiophene rings is 1. The lowest BCUT2D eigenvalue weighted by Gasteiger charge is -2.47. The Morgan fingerprint density at radius 2 is 2.26 bits per heavy atom. The molecule has 2 atom stereocenters. The number of likely N-dealkylation sites (tertiary alicyclic amines) is 2. The number of likely N-dealkylation sites (N-methyl/N-ethyl adjacent to an activating group) is 1. The van der Waals surface area contributed by atoms with E-state index >= 15 is 0 Å². The van der Waals surface area contributed by atoms with Crippen LogP contribution < -0.4 is 5.32 Å². The molecule has 0 unspecified atom stereocenters. The van der Waals surface area contributed by atoms with Gasteiger partial charge in [-0.1, -0.05) is 0 Å².